The molecule has 2 saturated heterocycles. The molecule has 5 aromatic rings. The Bertz CT molecular complexity index is 2490. The molecule has 12 nitrogen and oxygen atoms in total. The summed E-state index contributed by atoms with van der Waals surface area (Å²) >= 11 is 3.79. The number of ketones is 1. The molecule has 0 radical (unpaired) electrons. The number of anilines is 1. The maximum Gasteiger partial charge on any atom is 0.307 e. The number of carbonyl (C=O) groups excluding carboxylic acids is 6. The van der Waals surface area contributed by atoms with Crippen LogP contribution in [-0.2, 0) is 44.7 Å². The highest BCUT2D eigenvalue weighted by atomic mass is 79.9. The molecular weight excluding hydrogens is 876 g/mol. The molecule has 0 saturated carbocycles. The number of halogens is 1. The Hall–Kier alpha value is -6.08. The van der Waals surface area contributed by atoms with Gasteiger partial charge in [0.15, 0.2) is 5.78 Å². The number of hydrogen-bond acceptors (Lipinski definition) is 8. The van der Waals surface area contributed by atoms with Gasteiger partial charge in [0.25, 0.3) is 0 Å². The highest BCUT2D eigenvalue weighted by molar-refractivity contribution is 9.10. The average Bonchev–Trinajstić information content (AvgIpc) is 4.05. The van der Waals surface area contributed by atoms with Crippen LogP contribution in [0.25, 0.3) is 22.2 Å². The monoisotopic (exact) mass is 930 g/mol. The number of esters is 2. The molecule has 0 bridgehead atoms. The molecule has 3 amide bonds. The van der Waals surface area contributed by atoms with Crippen molar-refractivity contribution in [2.45, 2.75) is 109 Å². The fourth-order valence-electron chi connectivity index (χ4n) is 8.87. The van der Waals surface area contributed by atoms with Gasteiger partial charge in [-0.3, -0.25) is 28.8 Å². The Morgan fingerprint density at radius 1 is 0.688 bits per heavy atom. The normalized spacial score (nSPS) is 17.1. The number of hydrogen-bond donors (Lipinski definition) is 2. The van der Waals surface area contributed by atoms with Crippen molar-refractivity contribution in [3.05, 3.63) is 124 Å². The predicted octanol–water partition coefficient (Wildman–Crippen LogP) is 8.88. The van der Waals surface area contributed by atoms with Gasteiger partial charge in [-0.15, -0.1) is 0 Å². The van der Waals surface area contributed by atoms with Crippen LogP contribution in [0.2, 0.25) is 0 Å². The number of Topliss-reactive ketones (excluding diaryl/α,β-unsaturated/α-hetero) is 1. The third kappa shape index (κ3) is 10.8. The Morgan fingerprint density at radius 2 is 1.20 bits per heavy atom. The largest absolute Gasteiger partial charge is 0.463 e. The van der Waals surface area contributed by atoms with Gasteiger partial charge in [-0.2, -0.15) is 0 Å². The quantitative estimate of drug-likeness (QED) is 0.0931. The number of fused-ring (bicyclic) bond motifs is 1. The first-order chi connectivity index (χ1) is 30.8. The molecule has 64 heavy (non-hydrogen) atoms. The highest BCUT2D eigenvalue weighted by Gasteiger charge is 2.40. The van der Waals surface area contributed by atoms with Crippen molar-refractivity contribution in [1.29, 1.82) is 0 Å². The summed E-state index contributed by atoms with van der Waals surface area (Å²) in [7, 11) is 0. The van der Waals surface area contributed by atoms with Crippen LogP contribution in [0, 0.1) is 0 Å². The molecule has 2 N–H and O–H groups in total. The molecule has 3 heterocycles. The van der Waals surface area contributed by atoms with E-state index in [1.807, 2.05) is 103 Å². The molecule has 2 aliphatic rings. The molecular formula is C51H55BrN4O8. The third-order valence-corrected chi connectivity index (χ3v) is 12.7. The molecule has 0 unspecified atom stereocenters. The first-order valence-electron chi connectivity index (χ1n) is 22.1. The number of aromatic amines is 1. The van der Waals surface area contributed by atoms with Crippen LogP contribution >= 0.6 is 15.9 Å². The van der Waals surface area contributed by atoms with Crippen LogP contribution in [0.15, 0.2) is 108 Å². The topological polar surface area (TPSA) is 155 Å². The van der Waals surface area contributed by atoms with Gasteiger partial charge in [-0.05, 0) is 116 Å². The Kier molecular flexibility index (Phi) is 14.8. The van der Waals surface area contributed by atoms with Gasteiger partial charge in [0, 0.05) is 36.1 Å². The molecule has 0 aliphatic carbocycles. The summed E-state index contributed by atoms with van der Waals surface area (Å²) in [6, 6.07) is 30.3. The van der Waals surface area contributed by atoms with Gasteiger partial charge >= 0.3 is 11.9 Å². The minimum absolute atomic E-state index is 0.0567. The van der Waals surface area contributed by atoms with E-state index in [0.29, 0.717) is 55.6 Å². The number of ether oxygens (including phenoxy) is 2. The van der Waals surface area contributed by atoms with Crippen LogP contribution in [0.4, 0.5) is 5.69 Å². The number of likely N-dealkylation sites (tertiary alicyclic amines) is 2. The van der Waals surface area contributed by atoms with Crippen molar-refractivity contribution in [1.82, 2.24) is 14.8 Å². The number of nitrogens with zero attached hydrogens (tertiary/aromatic N) is 2. The number of amides is 3. The van der Waals surface area contributed by atoms with E-state index in [0.717, 1.165) is 32.2 Å². The summed E-state index contributed by atoms with van der Waals surface area (Å²) in [5.74, 6) is -3.31. The third-order valence-electron chi connectivity index (χ3n) is 11.8. The van der Waals surface area contributed by atoms with Crippen molar-refractivity contribution in [3.63, 3.8) is 0 Å². The standard InChI is InChI=1S/C51H55BrN4O8/c1-31(2)63-45(58)29-38(34-13-7-5-8-14-34)50(61)55-25-11-17-42(55)44(57)28-33-19-24-41-40(27-33)47(52)48(54-41)36-20-22-37(23-21-36)53-49(60)43-18-12-26-56(43)51(62)39(30-46(59)64-32(3)4)35-15-9-6-10-16-35/h5-10,13-16,19-24,27,31-32,38-39,42-43,54H,11-12,17-18,25-26,28-30H2,1-4H3,(H,53,60)/t38-,39-,42+,43+/m1/s1. The lowest BCUT2D eigenvalue weighted by molar-refractivity contribution is -0.151. The van der Waals surface area contributed by atoms with Gasteiger partial charge in [-0.1, -0.05) is 78.9 Å². The van der Waals surface area contributed by atoms with Crippen LogP contribution in [0.1, 0.15) is 94.7 Å². The van der Waals surface area contributed by atoms with E-state index >= 15 is 0 Å². The second kappa shape index (κ2) is 20.6. The van der Waals surface area contributed by atoms with E-state index in [4.69, 9.17) is 9.47 Å². The van der Waals surface area contributed by atoms with Crippen molar-refractivity contribution in [2.75, 3.05) is 18.4 Å². The van der Waals surface area contributed by atoms with Gasteiger partial charge in [0.2, 0.25) is 17.7 Å². The molecule has 2 fully saturated rings. The molecule has 0 spiro atoms. The Labute approximate surface area is 382 Å². The number of nitrogens with one attached hydrogen (secondary N) is 2. The lowest BCUT2D eigenvalue weighted by Gasteiger charge is -2.28. The van der Waals surface area contributed by atoms with Gasteiger partial charge in [0.1, 0.15) is 6.04 Å². The van der Waals surface area contributed by atoms with Crippen molar-refractivity contribution >= 4 is 68.0 Å². The zero-order chi connectivity index (χ0) is 45.5. The zero-order valence-electron chi connectivity index (χ0n) is 36.7. The molecule has 7 rings (SSSR count). The Balaban J connectivity index is 1.01. The number of H-pyrrole nitrogens is 1. The van der Waals surface area contributed by atoms with Crippen molar-refractivity contribution in [2.24, 2.45) is 0 Å². The summed E-state index contributed by atoms with van der Waals surface area (Å²) in [4.78, 5) is 88.0. The average molecular weight is 932 g/mol. The maximum atomic E-state index is 14.1. The second-order valence-electron chi connectivity index (χ2n) is 17.2. The van der Waals surface area contributed by atoms with Crippen LogP contribution in [0.3, 0.4) is 0 Å². The number of carbonyl (C=O) groups is 6. The fourth-order valence-corrected chi connectivity index (χ4v) is 9.53. The van der Waals surface area contributed by atoms with Crippen molar-refractivity contribution in [3.8, 4) is 11.3 Å². The summed E-state index contributed by atoms with van der Waals surface area (Å²) < 4.78 is 11.6. The highest BCUT2D eigenvalue weighted by Crippen LogP contribution is 2.37. The van der Waals surface area contributed by atoms with Gasteiger partial charge in [0.05, 0.1) is 53.1 Å². The smallest absolute Gasteiger partial charge is 0.307 e. The molecule has 1 aromatic heterocycles. The number of benzene rings is 4. The summed E-state index contributed by atoms with van der Waals surface area (Å²) in [6.07, 6.45) is 1.72. The van der Waals surface area contributed by atoms with E-state index in [2.05, 4.69) is 26.2 Å². The number of aromatic nitrogens is 1. The van der Waals surface area contributed by atoms with Gasteiger partial charge < -0.3 is 29.6 Å². The zero-order valence-corrected chi connectivity index (χ0v) is 38.3. The molecule has 13 heteroatoms. The predicted molar refractivity (Wildman–Crippen MR) is 248 cm³/mol. The first kappa shape index (κ1) is 45.9. The first-order valence-corrected chi connectivity index (χ1v) is 22.9. The SMILES string of the molecule is CC(C)OC(=O)C[C@@H](C(=O)N1CCC[C@H]1C(=O)Cc1ccc2[nH]c(-c3ccc(NC(=O)[C@@H]4CCCN4C(=O)[C@H](CC(=O)OC(C)C)c4ccccc4)cc3)c(Br)c2c1)c1ccccc1. The van der Waals surface area contributed by atoms with Gasteiger partial charge in [-0.25, -0.2) is 0 Å². The summed E-state index contributed by atoms with van der Waals surface area (Å²) in [5, 5.41) is 3.89. The number of rotatable bonds is 16. The van der Waals surface area contributed by atoms with E-state index in [1.54, 1.807) is 37.5 Å². The maximum absolute atomic E-state index is 14.1. The molecule has 4 atom stereocenters. The van der Waals surface area contributed by atoms with Crippen LogP contribution in [-0.4, -0.2) is 87.6 Å². The van der Waals surface area contributed by atoms with Crippen LogP contribution < -0.4 is 5.32 Å². The van der Waals surface area contributed by atoms with Crippen LogP contribution in [0.5, 0.6) is 0 Å². The van der Waals surface area contributed by atoms with E-state index < -0.39 is 35.9 Å². The molecule has 334 valence electrons. The van der Waals surface area contributed by atoms with E-state index in [9.17, 15) is 28.8 Å². The lowest BCUT2D eigenvalue weighted by Crippen LogP contribution is -2.45. The van der Waals surface area contributed by atoms with E-state index in [-0.39, 0.29) is 55.0 Å². The minimum Gasteiger partial charge on any atom is -0.463 e. The summed E-state index contributed by atoms with van der Waals surface area (Å²) in [6.45, 7) is 7.93. The molecule has 4 aromatic carbocycles. The second-order valence-corrected chi connectivity index (χ2v) is 18.0. The van der Waals surface area contributed by atoms with Crippen molar-refractivity contribution < 1.29 is 38.2 Å². The minimum atomic E-state index is -0.771. The molecule has 2 aliphatic heterocycles. The summed E-state index contributed by atoms with van der Waals surface area (Å²) in [5.41, 5.74) is 5.35. The fraction of sp³-hybridized carbons (Fsp3) is 0.373. The Morgan fingerprint density at radius 3 is 1.73 bits per heavy atom. The lowest BCUT2D eigenvalue weighted by atomic mass is 9.93. The van der Waals surface area contributed by atoms with E-state index in [1.165, 1.54) is 0 Å².